The fourth-order valence-corrected chi connectivity index (χ4v) is 4.54. The molecule has 8 nitrogen and oxygen atoms in total. The van der Waals surface area contributed by atoms with E-state index in [-0.39, 0.29) is 17.8 Å². The highest BCUT2D eigenvalue weighted by Gasteiger charge is 2.35. The minimum atomic E-state index is -0.301. The van der Waals surface area contributed by atoms with E-state index in [1.165, 1.54) is 0 Å². The van der Waals surface area contributed by atoms with Crippen LogP contribution in [0.4, 0.5) is 0 Å². The lowest BCUT2D eigenvalue weighted by molar-refractivity contribution is 0.0682. The van der Waals surface area contributed by atoms with Gasteiger partial charge in [0.05, 0.1) is 20.3 Å². The standard InChI is InChI=1S/C25H25N5O3/c1-15-12-16(2)30-25(26-15)27-23(28-30)24(31)29-11-10-18-13-20(32-3)21(33-4)14-19(18)22(29)17-8-6-5-7-9-17/h5-9,12-14,22H,10-11H2,1-4H3. The van der Waals surface area contributed by atoms with Crippen LogP contribution in [0, 0.1) is 13.8 Å². The van der Waals surface area contributed by atoms with E-state index in [9.17, 15) is 4.79 Å². The van der Waals surface area contributed by atoms with E-state index in [0.29, 0.717) is 30.2 Å². The van der Waals surface area contributed by atoms with Crippen molar-refractivity contribution in [3.8, 4) is 11.5 Å². The number of hydrogen-bond donors (Lipinski definition) is 0. The van der Waals surface area contributed by atoms with E-state index in [1.54, 1.807) is 18.7 Å². The van der Waals surface area contributed by atoms with Crippen molar-refractivity contribution < 1.29 is 14.3 Å². The molecule has 2 aromatic heterocycles. The summed E-state index contributed by atoms with van der Waals surface area (Å²) in [5.74, 6) is 1.65. The Morgan fingerprint density at radius 2 is 1.73 bits per heavy atom. The molecule has 0 spiro atoms. The van der Waals surface area contributed by atoms with Crippen molar-refractivity contribution in [1.82, 2.24) is 24.5 Å². The minimum Gasteiger partial charge on any atom is -0.493 e. The maximum absolute atomic E-state index is 13.7. The molecule has 1 aliphatic rings. The van der Waals surface area contributed by atoms with Gasteiger partial charge in [0.25, 0.3) is 11.7 Å². The molecule has 1 aliphatic heterocycles. The molecule has 0 bridgehead atoms. The Hall–Kier alpha value is -3.94. The molecular formula is C25H25N5O3. The van der Waals surface area contributed by atoms with Crippen LogP contribution in [-0.4, -0.2) is 51.2 Å². The highest BCUT2D eigenvalue weighted by atomic mass is 16.5. The third kappa shape index (κ3) is 3.57. The maximum atomic E-state index is 13.7. The van der Waals surface area contributed by atoms with Crippen LogP contribution in [-0.2, 0) is 6.42 Å². The van der Waals surface area contributed by atoms with Gasteiger partial charge in [0.2, 0.25) is 5.82 Å². The second-order valence-corrected chi connectivity index (χ2v) is 8.15. The molecular weight excluding hydrogens is 418 g/mol. The van der Waals surface area contributed by atoms with Gasteiger partial charge in [0, 0.05) is 17.9 Å². The third-order valence-electron chi connectivity index (χ3n) is 6.06. The van der Waals surface area contributed by atoms with Crippen molar-refractivity contribution in [1.29, 1.82) is 0 Å². The monoisotopic (exact) mass is 443 g/mol. The van der Waals surface area contributed by atoms with Crippen LogP contribution in [0.5, 0.6) is 11.5 Å². The molecule has 0 aliphatic carbocycles. The first-order valence-corrected chi connectivity index (χ1v) is 10.8. The Kier molecular flexibility index (Phi) is 5.20. The second-order valence-electron chi connectivity index (χ2n) is 8.15. The predicted octanol–water partition coefficient (Wildman–Crippen LogP) is 3.55. The molecule has 1 amide bonds. The zero-order valence-corrected chi connectivity index (χ0v) is 19.1. The average molecular weight is 444 g/mol. The van der Waals surface area contributed by atoms with Crippen LogP contribution in [0.3, 0.4) is 0 Å². The molecule has 0 N–H and O–H groups in total. The predicted molar refractivity (Wildman–Crippen MR) is 123 cm³/mol. The molecule has 4 aromatic rings. The van der Waals surface area contributed by atoms with E-state index in [4.69, 9.17) is 9.47 Å². The van der Waals surface area contributed by atoms with Gasteiger partial charge in [-0.1, -0.05) is 30.3 Å². The molecule has 0 saturated heterocycles. The summed E-state index contributed by atoms with van der Waals surface area (Å²) in [7, 11) is 3.25. The lowest BCUT2D eigenvalue weighted by Gasteiger charge is -2.37. The molecule has 0 saturated carbocycles. The smallest absolute Gasteiger partial charge is 0.294 e. The quantitative estimate of drug-likeness (QED) is 0.480. The highest BCUT2D eigenvalue weighted by Crippen LogP contribution is 2.41. The third-order valence-corrected chi connectivity index (χ3v) is 6.06. The Bertz CT molecular complexity index is 1350. The van der Waals surface area contributed by atoms with Crippen LogP contribution in [0.1, 0.15) is 44.7 Å². The van der Waals surface area contributed by atoms with E-state index in [1.807, 2.05) is 67.3 Å². The van der Waals surface area contributed by atoms with Gasteiger partial charge in [-0.15, -0.1) is 5.10 Å². The normalized spacial score (nSPS) is 15.4. The fourth-order valence-electron chi connectivity index (χ4n) is 4.54. The summed E-state index contributed by atoms with van der Waals surface area (Å²) in [5, 5.41) is 4.48. The molecule has 1 unspecified atom stereocenters. The summed E-state index contributed by atoms with van der Waals surface area (Å²) in [6.07, 6.45) is 0.689. The zero-order valence-electron chi connectivity index (χ0n) is 19.1. The molecule has 3 heterocycles. The topological polar surface area (TPSA) is 81.9 Å². The van der Waals surface area contributed by atoms with Gasteiger partial charge >= 0.3 is 0 Å². The summed E-state index contributed by atoms with van der Waals surface area (Å²) in [5.41, 5.74) is 4.85. The fraction of sp³-hybridized carbons (Fsp3) is 0.280. The molecule has 0 radical (unpaired) electrons. The van der Waals surface area contributed by atoms with Crippen LogP contribution < -0.4 is 9.47 Å². The maximum Gasteiger partial charge on any atom is 0.294 e. The van der Waals surface area contributed by atoms with Crippen molar-refractivity contribution >= 4 is 11.7 Å². The first kappa shape index (κ1) is 20.9. The summed E-state index contributed by atoms with van der Waals surface area (Å²) >= 11 is 0. The SMILES string of the molecule is COc1cc2c(cc1OC)C(c1ccccc1)N(C(=O)c1nc3nc(C)cc(C)n3n1)CC2. The summed E-state index contributed by atoms with van der Waals surface area (Å²) < 4.78 is 12.7. The number of benzene rings is 2. The Morgan fingerprint density at radius 3 is 2.45 bits per heavy atom. The number of hydrogen-bond acceptors (Lipinski definition) is 6. The van der Waals surface area contributed by atoms with Crippen molar-refractivity contribution in [3.05, 3.63) is 82.4 Å². The number of carbonyl (C=O) groups excluding carboxylic acids is 1. The van der Waals surface area contributed by atoms with Crippen LogP contribution in [0.15, 0.2) is 48.5 Å². The Morgan fingerprint density at radius 1 is 1.00 bits per heavy atom. The van der Waals surface area contributed by atoms with Crippen molar-refractivity contribution in [2.75, 3.05) is 20.8 Å². The summed E-state index contributed by atoms with van der Waals surface area (Å²) in [6.45, 7) is 4.36. The number of nitrogens with zero attached hydrogens (tertiary/aromatic N) is 5. The van der Waals surface area contributed by atoms with Crippen molar-refractivity contribution in [3.63, 3.8) is 0 Å². The van der Waals surface area contributed by atoms with Gasteiger partial charge < -0.3 is 14.4 Å². The minimum absolute atomic E-state index is 0.140. The second kappa shape index (κ2) is 8.20. The molecule has 168 valence electrons. The molecule has 1 atom stereocenters. The number of amides is 1. The van der Waals surface area contributed by atoms with Gasteiger partial charge in [-0.25, -0.2) is 9.50 Å². The summed E-state index contributed by atoms with van der Waals surface area (Å²) in [4.78, 5) is 24.5. The highest BCUT2D eigenvalue weighted by molar-refractivity contribution is 5.91. The van der Waals surface area contributed by atoms with Crippen LogP contribution >= 0.6 is 0 Å². The zero-order chi connectivity index (χ0) is 23.1. The van der Waals surface area contributed by atoms with Gasteiger partial charge in [-0.2, -0.15) is 4.98 Å². The van der Waals surface area contributed by atoms with Crippen LogP contribution in [0.25, 0.3) is 5.78 Å². The van der Waals surface area contributed by atoms with Gasteiger partial charge in [0.1, 0.15) is 0 Å². The molecule has 2 aromatic carbocycles. The lowest BCUT2D eigenvalue weighted by atomic mass is 9.87. The Labute approximate surface area is 191 Å². The van der Waals surface area contributed by atoms with E-state index in [0.717, 1.165) is 28.1 Å². The van der Waals surface area contributed by atoms with Crippen molar-refractivity contribution in [2.24, 2.45) is 0 Å². The lowest BCUT2D eigenvalue weighted by Crippen LogP contribution is -2.41. The molecule has 5 rings (SSSR count). The molecule has 8 heteroatoms. The number of fused-ring (bicyclic) bond motifs is 2. The largest absolute Gasteiger partial charge is 0.493 e. The van der Waals surface area contributed by atoms with Crippen LogP contribution in [0.2, 0.25) is 0 Å². The molecule has 0 fully saturated rings. The number of methoxy groups -OCH3 is 2. The van der Waals surface area contributed by atoms with E-state index in [2.05, 4.69) is 15.1 Å². The van der Waals surface area contributed by atoms with Gasteiger partial charge in [-0.05, 0) is 55.2 Å². The van der Waals surface area contributed by atoms with Crippen molar-refractivity contribution in [2.45, 2.75) is 26.3 Å². The van der Waals surface area contributed by atoms with E-state index >= 15 is 0 Å². The van der Waals surface area contributed by atoms with Gasteiger partial charge in [-0.3, -0.25) is 4.79 Å². The number of carbonyl (C=O) groups is 1. The Balaban J connectivity index is 1.63. The summed E-state index contributed by atoms with van der Waals surface area (Å²) in [6, 6.07) is 15.6. The molecule has 33 heavy (non-hydrogen) atoms. The first-order chi connectivity index (χ1) is 16.0. The average Bonchev–Trinajstić information content (AvgIpc) is 3.27. The van der Waals surface area contributed by atoms with Gasteiger partial charge in [0.15, 0.2) is 11.5 Å². The van der Waals surface area contributed by atoms with E-state index < -0.39 is 0 Å². The number of rotatable bonds is 4. The number of ether oxygens (including phenoxy) is 2. The number of aryl methyl sites for hydroxylation is 2. The number of aromatic nitrogens is 4. The first-order valence-electron chi connectivity index (χ1n) is 10.8.